The van der Waals surface area contributed by atoms with Gasteiger partial charge in [-0.25, -0.2) is 4.79 Å². The predicted octanol–water partition coefficient (Wildman–Crippen LogP) is 1.62. The van der Waals surface area contributed by atoms with Crippen LogP contribution in [0.25, 0.3) is 0 Å². The second-order valence-corrected chi connectivity index (χ2v) is 5.36. The van der Waals surface area contributed by atoms with E-state index in [1.54, 1.807) is 33.0 Å². The van der Waals surface area contributed by atoms with Crippen LogP contribution in [0.4, 0.5) is 0 Å². The van der Waals surface area contributed by atoms with Crippen LogP contribution in [0.2, 0.25) is 0 Å². The summed E-state index contributed by atoms with van der Waals surface area (Å²) in [5, 5.41) is 11.7. The number of hydrogen-bond donors (Lipinski definition) is 2. The Morgan fingerprint density at radius 1 is 1.33 bits per heavy atom. The molecule has 2 N–H and O–H groups in total. The second kappa shape index (κ2) is 5.16. The summed E-state index contributed by atoms with van der Waals surface area (Å²) in [6.07, 6.45) is 3.05. The van der Waals surface area contributed by atoms with Crippen LogP contribution in [0, 0.1) is 12.3 Å². The quantitative estimate of drug-likeness (QED) is 0.854. The third-order valence-corrected chi connectivity index (χ3v) is 2.53. The summed E-state index contributed by atoms with van der Waals surface area (Å²) >= 11 is 0. The summed E-state index contributed by atoms with van der Waals surface area (Å²) in [7, 11) is 0. The monoisotopic (exact) mass is 250 g/mol. The number of rotatable bonds is 3. The van der Waals surface area contributed by atoms with Crippen LogP contribution in [0.3, 0.4) is 0 Å². The lowest BCUT2D eigenvalue weighted by Crippen LogP contribution is -2.49. The summed E-state index contributed by atoms with van der Waals surface area (Å²) in [6, 6.07) is 0.731. The highest BCUT2D eigenvalue weighted by Crippen LogP contribution is 2.19. The number of pyridine rings is 1. The van der Waals surface area contributed by atoms with E-state index in [9.17, 15) is 9.59 Å². The Bertz CT molecular complexity index is 464. The number of carboxylic acid groups (broad SMARTS) is 1. The summed E-state index contributed by atoms with van der Waals surface area (Å²) in [6.45, 7) is 7.11. The van der Waals surface area contributed by atoms with Gasteiger partial charge in [-0.1, -0.05) is 20.8 Å². The van der Waals surface area contributed by atoms with Crippen LogP contribution in [0.1, 0.15) is 36.7 Å². The van der Waals surface area contributed by atoms with Gasteiger partial charge in [-0.15, -0.1) is 0 Å². The molecular weight excluding hydrogens is 232 g/mol. The molecule has 0 radical (unpaired) electrons. The lowest BCUT2D eigenvalue weighted by Gasteiger charge is -2.27. The Hall–Kier alpha value is -1.91. The number of carboxylic acids is 1. The number of amides is 1. The Balaban J connectivity index is 2.89. The molecule has 1 atom stereocenters. The van der Waals surface area contributed by atoms with E-state index in [4.69, 9.17) is 5.11 Å². The average molecular weight is 250 g/mol. The fourth-order valence-corrected chi connectivity index (χ4v) is 1.54. The summed E-state index contributed by atoms with van der Waals surface area (Å²) in [5.41, 5.74) is 0.662. The van der Waals surface area contributed by atoms with Crippen molar-refractivity contribution in [1.82, 2.24) is 10.3 Å². The van der Waals surface area contributed by atoms with Crippen molar-refractivity contribution >= 4 is 11.9 Å². The first-order chi connectivity index (χ1) is 8.21. The topological polar surface area (TPSA) is 79.3 Å². The van der Waals surface area contributed by atoms with E-state index in [0.717, 1.165) is 5.56 Å². The van der Waals surface area contributed by atoms with E-state index in [2.05, 4.69) is 10.3 Å². The van der Waals surface area contributed by atoms with Crippen molar-refractivity contribution in [3.63, 3.8) is 0 Å². The molecule has 5 heteroatoms. The summed E-state index contributed by atoms with van der Waals surface area (Å²) in [5.74, 6) is -1.47. The van der Waals surface area contributed by atoms with Gasteiger partial charge in [0.2, 0.25) is 0 Å². The first kappa shape index (κ1) is 14.2. The van der Waals surface area contributed by atoms with Gasteiger partial charge in [-0.3, -0.25) is 9.78 Å². The van der Waals surface area contributed by atoms with E-state index in [-0.39, 0.29) is 0 Å². The van der Waals surface area contributed by atoms with E-state index in [1.165, 1.54) is 6.20 Å². The highest BCUT2D eigenvalue weighted by molar-refractivity contribution is 5.96. The molecule has 0 spiro atoms. The molecule has 0 bridgehead atoms. The standard InChI is InChI=1S/C13H18N2O3/c1-8-5-9(7-14-6-8)11(16)15-10(12(17)18)13(2,3)4/h5-7,10H,1-4H3,(H,15,16)(H,17,18)/t10-/m0/s1. The molecule has 0 saturated heterocycles. The SMILES string of the molecule is Cc1cncc(C(=O)N[C@@H](C(=O)O)C(C)(C)C)c1. The normalized spacial score (nSPS) is 12.9. The van der Waals surface area contributed by atoms with Crippen molar-refractivity contribution in [2.75, 3.05) is 0 Å². The van der Waals surface area contributed by atoms with Gasteiger partial charge in [-0.05, 0) is 24.0 Å². The van der Waals surface area contributed by atoms with Gasteiger partial charge < -0.3 is 10.4 Å². The van der Waals surface area contributed by atoms with Crippen LogP contribution < -0.4 is 5.32 Å². The van der Waals surface area contributed by atoms with Gasteiger partial charge in [0.05, 0.1) is 5.56 Å². The van der Waals surface area contributed by atoms with Gasteiger partial charge in [0.25, 0.3) is 5.91 Å². The zero-order valence-electron chi connectivity index (χ0n) is 11.0. The van der Waals surface area contributed by atoms with E-state index in [0.29, 0.717) is 5.56 Å². The molecule has 0 aromatic carbocycles. The van der Waals surface area contributed by atoms with Crippen molar-refractivity contribution in [3.8, 4) is 0 Å². The van der Waals surface area contributed by atoms with Gasteiger partial charge in [-0.2, -0.15) is 0 Å². The molecule has 1 aromatic rings. The van der Waals surface area contributed by atoms with Gasteiger partial charge in [0, 0.05) is 12.4 Å². The van der Waals surface area contributed by atoms with Crippen molar-refractivity contribution < 1.29 is 14.7 Å². The lowest BCUT2D eigenvalue weighted by atomic mass is 9.86. The molecule has 18 heavy (non-hydrogen) atoms. The first-order valence-corrected chi connectivity index (χ1v) is 5.67. The molecule has 0 aliphatic carbocycles. The van der Waals surface area contributed by atoms with E-state index >= 15 is 0 Å². The van der Waals surface area contributed by atoms with Crippen molar-refractivity contribution in [2.24, 2.45) is 5.41 Å². The van der Waals surface area contributed by atoms with Crippen LogP contribution in [-0.2, 0) is 4.79 Å². The fraction of sp³-hybridized carbons (Fsp3) is 0.462. The second-order valence-electron chi connectivity index (χ2n) is 5.36. The third-order valence-electron chi connectivity index (χ3n) is 2.53. The molecule has 0 unspecified atom stereocenters. The molecule has 0 aliphatic heterocycles. The fourth-order valence-electron chi connectivity index (χ4n) is 1.54. The number of carbonyl (C=O) groups excluding carboxylic acids is 1. The molecule has 0 saturated carbocycles. The molecule has 5 nitrogen and oxygen atoms in total. The Labute approximate surface area is 106 Å². The van der Waals surface area contributed by atoms with Gasteiger partial charge >= 0.3 is 5.97 Å². The Morgan fingerprint density at radius 3 is 2.39 bits per heavy atom. The highest BCUT2D eigenvalue weighted by Gasteiger charge is 2.32. The molecular formula is C13H18N2O3. The molecule has 1 aromatic heterocycles. The number of hydrogen-bond acceptors (Lipinski definition) is 3. The van der Waals surface area contributed by atoms with Gasteiger partial charge in [0.1, 0.15) is 6.04 Å². The number of aliphatic carboxylic acids is 1. The van der Waals surface area contributed by atoms with Crippen LogP contribution in [-0.4, -0.2) is 28.0 Å². The lowest BCUT2D eigenvalue weighted by molar-refractivity contribution is -0.142. The molecule has 0 fully saturated rings. The van der Waals surface area contributed by atoms with Crippen molar-refractivity contribution in [2.45, 2.75) is 33.7 Å². The molecule has 0 aliphatic rings. The van der Waals surface area contributed by atoms with Crippen LogP contribution in [0.15, 0.2) is 18.5 Å². The maximum Gasteiger partial charge on any atom is 0.326 e. The molecule has 1 rings (SSSR count). The van der Waals surface area contributed by atoms with Crippen LogP contribution in [0.5, 0.6) is 0 Å². The highest BCUT2D eigenvalue weighted by atomic mass is 16.4. The summed E-state index contributed by atoms with van der Waals surface area (Å²) < 4.78 is 0. The number of nitrogens with one attached hydrogen (secondary N) is 1. The van der Waals surface area contributed by atoms with Gasteiger partial charge in [0.15, 0.2) is 0 Å². The maximum absolute atomic E-state index is 11.9. The molecule has 98 valence electrons. The minimum atomic E-state index is -1.04. The van der Waals surface area contributed by atoms with Crippen LogP contribution >= 0.6 is 0 Å². The number of aromatic nitrogens is 1. The minimum Gasteiger partial charge on any atom is -0.480 e. The number of nitrogens with zero attached hydrogens (tertiary/aromatic N) is 1. The number of carbonyl (C=O) groups is 2. The summed E-state index contributed by atoms with van der Waals surface area (Å²) in [4.78, 5) is 27.0. The Kier molecular flexibility index (Phi) is 4.06. The predicted molar refractivity (Wildman–Crippen MR) is 67.3 cm³/mol. The molecule has 1 amide bonds. The minimum absolute atomic E-state index is 0.366. The zero-order valence-corrected chi connectivity index (χ0v) is 11.0. The first-order valence-electron chi connectivity index (χ1n) is 5.67. The van der Waals surface area contributed by atoms with E-state index < -0.39 is 23.3 Å². The molecule has 1 heterocycles. The van der Waals surface area contributed by atoms with Crippen molar-refractivity contribution in [3.05, 3.63) is 29.6 Å². The van der Waals surface area contributed by atoms with Crippen molar-refractivity contribution in [1.29, 1.82) is 0 Å². The zero-order chi connectivity index (χ0) is 13.9. The third kappa shape index (κ3) is 3.55. The van der Waals surface area contributed by atoms with E-state index in [1.807, 2.05) is 6.92 Å². The largest absolute Gasteiger partial charge is 0.480 e. The Morgan fingerprint density at radius 2 is 1.94 bits per heavy atom. The smallest absolute Gasteiger partial charge is 0.326 e. The maximum atomic E-state index is 11.9. The average Bonchev–Trinajstić information content (AvgIpc) is 2.23. The number of aryl methyl sites for hydroxylation is 1.